The number of hydrogen-bond donors (Lipinski definition) is 1. The molecule has 134 valence electrons. The van der Waals surface area contributed by atoms with Crippen LogP contribution in [0.15, 0.2) is 23.6 Å². The molecule has 1 aromatic heterocycles. The molecule has 1 aliphatic rings. The Kier molecular flexibility index (Phi) is 5.68. The van der Waals surface area contributed by atoms with Gasteiger partial charge in [-0.25, -0.2) is 9.37 Å². The zero-order chi connectivity index (χ0) is 18.0. The summed E-state index contributed by atoms with van der Waals surface area (Å²) in [6.45, 7) is 6.54. The number of thiazole rings is 1. The number of morpholine rings is 1. The molecule has 1 fully saturated rings. The van der Waals surface area contributed by atoms with Gasteiger partial charge in [-0.3, -0.25) is 15.0 Å². The highest BCUT2D eigenvalue weighted by atomic mass is 35.5. The van der Waals surface area contributed by atoms with E-state index in [9.17, 15) is 9.18 Å². The van der Waals surface area contributed by atoms with Gasteiger partial charge in [0.25, 0.3) is 5.91 Å². The Balaban J connectivity index is 1.62. The summed E-state index contributed by atoms with van der Waals surface area (Å²) in [5.41, 5.74) is 1.11. The quantitative estimate of drug-likeness (QED) is 0.872. The van der Waals surface area contributed by atoms with Crippen molar-refractivity contribution in [3.05, 3.63) is 45.7 Å². The molecule has 0 radical (unpaired) electrons. The molecule has 0 saturated carbocycles. The Labute approximate surface area is 154 Å². The first kappa shape index (κ1) is 18.3. The first-order chi connectivity index (χ1) is 11.9. The molecule has 2 aromatic rings. The molecule has 8 heteroatoms. The summed E-state index contributed by atoms with van der Waals surface area (Å²) >= 11 is 7.27. The SMILES string of the molecule is CC1CN(Cc2csc(NC(=O)c3ccc(F)cc3Cl)n2)CC(C)O1. The lowest BCUT2D eigenvalue weighted by molar-refractivity contribution is -0.0707. The van der Waals surface area contributed by atoms with Crippen molar-refractivity contribution in [2.45, 2.75) is 32.6 Å². The van der Waals surface area contributed by atoms with E-state index in [1.807, 2.05) is 5.38 Å². The molecule has 1 amide bonds. The second-order valence-corrected chi connectivity index (χ2v) is 7.44. The van der Waals surface area contributed by atoms with E-state index in [0.29, 0.717) is 11.7 Å². The molecular formula is C17H19ClFN3O2S. The van der Waals surface area contributed by atoms with Crippen LogP contribution >= 0.6 is 22.9 Å². The number of benzene rings is 1. The minimum absolute atomic E-state index is 0.0746. The van der Waals surface area contributed by atoms with Crippen LogP contribution in [0.3, 0.4) is 0 Å². The van der Waals surface area contributed by atoms with Crippen molar-refractivity contribution in [1.29, 1.82) is 0 Å². The summed E-state index contributed by atoms with van der Waals surface area (Å²) in [4.78, 5) is 19.0. The third kappa shape index (κ3) is 4.76. The number of nitrogens with zero attached hydrogens (tertiary/aromatic N) is 2. The summed E-state index contributed by atoms with van der Waals surface area (Å²) in [6, 6.07) is 3.68. The molecule has 1 aliphatic heterocycles. The minimum Gasteiger partial charge on any atom is -0.373 e. The van der Waals surface area contributed by atoms with Gasteiger partial charge in [0.05, 0.1) is 28.5 Å². The maximum Gasteiger partial charge on any atom is 0.258 e. The van der Waals surface area contributed by atoms with E-state index in [1.165, 1.54) is 23.5 Å². The Morgan fingerprint density at radius 3 is 2.84 bits per heavy atom. The second kappa shape index (κ2) is 7.78. The maximum atomic E-state index is 13.1. The van der Waals surface area contributed by atoms with Crippen LogP contribution in [-0.4, -0.2) is 41.1 Å². The summed E-state index contributed by atoms with van der Waals surface area (Å²) in [5, 5.41) is 5.21. The predicted octanol–water partition coefficient (Wildman–Crippen LogP) is 3.80. The van der Waals surface area contributed by atoms with Gasteiger partial charge in [-0.1, -0.05) is 11.6 Å². The van der Waals surface area contributed by atoms with E-state index in [0.717, 1.165) is 24.8 Å². The van der Waals surface area contributed by atoms with Crippen LogP contribution in [0.1, 0.15) is 29.9 Å². The van der Waals surface area contributed by atoms with Crippen molar-refractivity contribution in [2.24, 2.45) is 0 Å². The normalized spacial score (nSPS) is 21.3. The number of nitrogens with one attached hydrogen (secondary N) is 1. The maximum absolute atomic E-state index is 13.1. The van der Waals surface area contributed by atoms with Crippen molar-refractivity contribution in [3.8, 4) is 0 Å². The van der Waals surface area contributed by atoms with Gasteiger partial charge in [0.2, 0.25) is 0 Å². The Morgan fingerprint density at radius 1 is 1.44 bits per heavy atom. The number of hydrogen-bond acceptors (Lipinski definition) is 5. The highest BCUT2D eigenvalue weighted by molar-refractivity contribution is 7.14. The first-order valence-electron chi connectivity index (χ1n) is 7.99. The average molecular weight is 384 g/mol. The molecule has 2 unspecified atom stereocenters. The van der Waals surface area contributed by atoms with Gasteiger partial charge >= 0.3 is 0 Å². The van der Waals surface area contributed by atoms with Crippen LogP contribution in [0.2, 0.25) is 5.02 Å². The molecule has 2 atom stereocenters. The van der Waals surface area contributed by atoms with Gasteiger partial charge in [-0.2, -0.15) is 0 Å². The molecular weight excluding hydrogens is 365 g/mol. The third-order valence-corrected chi connectivity index (χ3v) is 4.95. The lowest BCUT2D eigenvalue weighted by Gasteiger charge is -2.34. The molecule has 1 saturated heterocycles. The van der Waals surface area contributed by atoms with Crippen molar-refractivity contribution >= 4 is 34.0 Å². The highest BCUT2D eigenvalue weighted by Gasteiger charge is 2.23. The van der Waals surface area contributed by atoms with Crippen molar-refractivity contribution in [1.82, 2.24) is 9.88 Å². The summed E-state index contributed by atoms with van der Waals surface area (Å²) in [6.07, 6.45) is 0.393. The number of anilines is 1. The zero-order valence-electron chi connectivity index (χ0n) is 14.0. The van der Waals surface area contributed by atoms with Crippen LogP contribution in [0.5, 0.6) is 0 Å². The van der Waals surface area contributed by atoms with Crippen molar-refractivity contribution in [3.63, 3.8) is 0 Å². The molecule has 1 aromatic carbocycles. The van der Waals surface area contributed by atoms with E-state index >= 15 is 0 Å². The monoisotopic (exact) mass is 383 g/mol. The number of carbonyl (C=O) groups is 1. The van der Waals surface area contributed by atoms with Crippen LogP contribution in [0, 0.1) is 5.82 Å². The minimum atomic E-state index is -0.480. The standard InChI is InChI=1S/C17H19ClFN3O2S/c1-10-6-22(7-11(2)24-10)8-13-9-25-17(20-13)21-16(23)14-4-3-12(19)5-15(14)18/h3-5,9-11H,6-8H2,1-2H3,(H,20,21,23). The number of aromatic nitrogens is 1. The van der Waals surface area contributed by atoms with Crippen molar-refractivity contribution < 1.29 is 13.9 Å². The number of amides is 1. The van der Waals surface area contributed by atoms with E-state index in [4.69, 9.17) is 16.3 Å². The zero-order valence-corrected chi connectivity index (χ0v) is 15.5. The number of halogens is 2. The van der Waals surface area contributed by atoms with Gasteiger partial charge in [0.15, 0.2) is 5.13 Å². The third-order valence-electron chi connectivity index (χ3n) is 3.83. The molecule has 1 N–H and O–H groups in total. The fourth-order valence-electron chi connectivity index (χ4n) is 2.92. The Bertz CT molecular complexity index is 760. The van der Waals surface area contributed by atoms with Gasteiger partial charge in [-0.05, 0) is 32.0 Å². The van der Waals surface area contributed by atoms with Gasteiger partial charge in [-0.15, -0.1) is 11.3 Å². The molecule has 3 rings (SSSR count). The summed E-state index contributed by atoms with van der Waals surface area (Å²) < 4.78 is 18.8. The van der Waals surface area contributed by atoms with Crippen LogP contribution in [0.4, 0.5) is 9.52 Å². The van der Waals surface area contributed by atoms with Crippen LogP contribution < -0.4 is 5.32 Å². The smallest absolute Gasteiger partial charge is 0.258 e. The van der Waals surface area contributed by atoms with E-state index in [-0.39, 0.29) is 22.8 Å². The van der Waals surface area contributed by atoms with E-state index in [2.05, 4.69) is 29.0 Å². The Morgan fingerprint density at radius 2 is 2.16 bits per heavy atom. The number of ether oxygens (including phenoxy) is 1. The predicted molar refractivity (Wildman–Crippen MR) is 96.8 cm³/mol. The molecule has 0 bridgehead atoms. The van der Waals surface area contributed by atoms with Crippen molar-refractivity contribution in [2.75, 3.05) is 18.4 Å². The average Bonchev–Trinajstić information content (AvgIpc) is 2.92. The van der Waals surface area contributed by atoms with Crippen LogP contribution in [-0.2, 0) is 11.3 Å². The summed E-state index contributed by atoms with van der Waals surface area (Å²) in [7, 11) is 0. The molecule has 5 nitrogen and oxygen atoms in total. The fraction of sp³-hybridized carbons (Fsp3) is 0.412. The number of carbonyl (C=O) groups excluding carboxylic acids is 1. The number of rotatable bonds is 4. The van der Waals surface area contributed by atoms with Gasteiger partial charge in [0.1, 0.15) is 5.82 Å². The molecule has 0 spiro atoms. The molecule has 0 aliphatic carbocycles. The lowest BCUT2D eigenvalue weighted by Crippen LogP contribution is -2.44. The van der Waals surface area contributed by atoms with E-state index < -0.39 is 11.7 Å². The first-order valence-corrected chi connectivity index (χ1v) is 9.25. The van der Waals surface area contributed by atoms with Gasteiger partial charge in [0, 0.05) is 25.0 Å². The summed E-state index contributed by atoms with van der Waals surface area (Å²) in [5.74, 6) is -0.883. The lowest BCUT2D eigenvalue weighted by atomic mass is 10.2. The van der Waals surface area contributed by atoms with Crippen LogP contribution in [0.25, 0.3) is 0 Å². The largest absolute Gasteiger partial charge is 0.373 e. The highest BCUT2D eigenvalue weighted by Crippen LogP contribution is 2.22. The Hall–Kier alpha value is -1.54. The molecule has 2 heterocycles. The van der Waals surface area contributed by atoms with Gasteiger partial charge < -0.3 is 4.74 Å². The molecule has 25 heavy (non-hydrogen) atoms. The second-order valence-electron chi connectivity index (χ2n) is 6.17. The van der Waals surface area contributed by atoms with E-state index in [1.54, 1.807) is 0 Å². The topological polar surface area (TPSA) is 54.5 Å². The fourth-order valence-corrected chi connectivity index (χ4v) is 3.87.